The largest absolute Gasteiger partial charge is 0.379 e. The van der Waals surface area contributed by atoms with Gasteiger partial charge in [-0.05, 0) is 19.3 Å². The summed E-state index contributed by atoms with van der Waals surface area (Å²) in [5.41, 5.74) is 0. The van der Waals surface area contributed by atoms with Gasteiger partial charge in [0.25, 0.3) is 0 Å². The van der Waals surface area contributed by atoms with Crippen molar-refractivity contribution in [2.45, 2.75) is 26.4 Å². The summed E-state index contributed by atoms with van der Waals surface area (Å²) < 4.78 is 10.4. The fourth-order valence-electron chi connectivity index (χ4n) is 0.973. The molecule has 0 heterocycles. The van der Waals surface area contributed by atoms with Crippen LogP contribution in [0.15, 0.2) is 0 Å². The Morgan fingerprint density at radius 1 is 1.36 bits per heavy atom. The molecule has 0 aromatic rings. The van der Waals surface area contributed by atoms with E-state index in [-0.39, 0.29) is 6.10 Å². The summed E-state index contributed by atoms with van der Waals surface area (Å²) in [6.07, 6.45) is 1.29. The molecule has 1 radical (unpaired) electrons. The molecule has 2 nitrogen and oxygen atoms in total. The number of ether oxygens (including phenoxy) is 2. The first-order valence-electron chi connectivity index (χ1n) is 4.10. The van der Waals surface area contributed by atoms with Gasteiger partial charge in [0, 0.05) is 13.7 Å². The van der Waals surface area contributed by atoms with Gasteiger partial charge in [0.05, 0.1) is 12.7 Å². The molecule has 0 amide bonds. The minimum absolute atomic E-state index is 0.233. The van der Waals surface area contributed by atoms with Gasteiger partial charge in [0.1, 0.15) is 0 Å². The van der Waals surface area contributed by atoms with Gasteiger partial charge in [-0.1, -0.05) is 13.8 Å². The van der Waals surface area contributed by atoms with Crippen LogP contribution in [0.1, 0.15) is 20.3 Å². The van der Waals surface area contributed by atoms with E-state index in [4.69, 9.17) is 9.47 Å². The van der Waals surface area contributed by atoms with Crippen molar-refractivity contribution in [3.8, 4) is 0 Å². The average Bonchev–Trinajstić information content (AvgIpc) is 1.97. The molecule has 0 fully saturated rings. The highest BCUT2D eigenvalue weighted by Gasteiger charge is 2.08. The Labute approximate surface area is 69.9 Å². The van der Waals surface area contributed by atoms with E-state index in [0.717, 1.165) is 6.42 Å². The third-order valence-corrected chi connectivity index (χ3v) is 1.52. The van der Waals surface area contributed by atoms with E-state index in [9.17, 15) is 0 Å². The predicted octanol–water partition coefficient (Wildman–Crippen LogP) is 1.90. The molecule has 1 atom stereocenters. The minimum atomic E-state index is 0.233. The Morgan fingerprint density at radius 3 is 2.36 bits per heavy atom. The lowest BCUT2D eigenvalue weighted by Crippen LogP contribution is -2.20. The molecular formula is C9H19O2. The molecule has 0 aliphatic rings. The zero-order chi connectivity index (χ0) is 8.69. The zero-order valence-electron chi connectivity index (χ0n) is 7.80. The minimum Gasteiger partial charge on any atom is -0.379 e. The van der Waals surface area contributed by atoms with Crippen molar-refractivity contribution in [2.75, 3.05) is 20.3 Å². The molecule has 1 unspecified atom stereocenters. The predicted molar refractivity (Wildman–Crippen MR) is 46.4 cm³/mol. The van der Waals surface area contributed by atoms with Crippen LogP contribution in [0.4, 0.5) is 0 Å². The van der Waals surface area contributed by atoms with E-state index in [1.54, 1.807) is 7.11 Å². The van der Waals surface area contributed by atoms with Gasteiger partial charge in [0.15, 0.2) is 0 Å². The molecule has 0 bridgehead atoms. The van der Waals surface area contributed by atoms with E-state index in [1.807, 2.05) is 0 Å². The van der Waals surface area contributed by atoms with Crippen LogP contribution in [-0.4, -0.2) is 26.4 Å². The highest BCUT2D eigenvalue weighted by Crippen LogP contribution is 2.07. The lowest BCUT2D eigenvalue weighted by atomic mass is 10.1. The standard InChI is InChI=1S/C9H19O2/c1-5-11-7-9(10-4)6-8(2)3/h8-9H,1,5-7H2,2-4H3. The maximum absolute atomic E-state index is 5.21. The third kappa shape index (κ3) is 6.32. The Balaban J connectivity index is 3.41. The van der Waals surface area contributed by atoms with Crippen LogP contribution in [0, 0.1) is 12.8 Å². The van der Waals surface area contributed by atoms with Crippen LogP contribution >= 0.6 is 0 Å². The SMILES string of the molecule is [CH2]COCC(CC(C)C)OC. The maximum atomic E-state index is 5.21. The summed E-state index contributed by atoms with van der Waals surface area (Å²) in [5.74, 6) is 0.661. The fraction of sp³-hybridized carbons (Fsp3) is 0.889. The molecule has 0 saturated carbocycles. The lowest BCUT2D eigenvalue weighted by Gasteiger charge is -2.16. The molecule has 0 aliphatic heterocycles. The number of hydrogen-bond acceptors (Lipinski definition) is 2. The van der Waals surface area contributed by atoms with Crippen LogP contribution in [-0.2, 0) is 9.47 Å². The molecule has 0 spiro atoms. The van der Waals surface area contributed by atoms with Crippen molar-refractivity contribution < 1.29 is 9.47 Å². The van der Waals surface area contributed by atoms with E-state index in [0.29, 0.717) is 19.1 Å². The van der Waals surface area contributed by atoms with Crippen molar-refractivity contribution in [1.29, 1.82) is 0 Å². The highest BCUT2D eigenvalue weighted by molar-refractivity contribution is 4.58. The van der Waals surface area contributed by atoms with Crippen LogP contribution in [0.5, 0.6) is 0 Å². The number of hydrogen-bond donors (Lipinski definition) is 0. The molecular weight excluding hydrogens is 140 g/mol. The van der Waals surface area contributed by atoms with Crippen molar-refractivity contribution in [2.24, 2.45) is 5.92 Å². The molecule has 0 rings (SSSR count). The summed E-state index contributed by atoms with van der Waals surface area (Å²) >= 11 is 0. The summed E-state index contributed by atoms with van der Waals surface area (Å²) in [6.45, 7) is 9.14. The molecule has 0 aromatic carbocycles. The third-order valence-electron chi connectivity index (χ3n) is 1.52. The first kappa shape index (κ1) is 10.9. The second-order valence-electron chi connectivity index (χ2n) is 3.06. The quantitative estimate of drug-likeness (QED) is 0.589. The van der Waals surface area contributed by atoms with Gasteiger partial charge in [-0.25, -0.2) is 0 Å². The van der Waals surface area contributed by atoms with E-state index >= 15 is 0 Å². The fourth-order valence-corrected chi connectivity index (χ4v) is 0.973. The van der Waals surface area contributed by atoms with Crippen molar-refractivity contribution in [3.63, 3.8) is 0 Å². The molecule has 11 heavy (non-hydrogen) atoms. The molecule has 0 aromatic heterocycles. The van der Waals surface area contributed by atoms with Gasteiger partial charge >= 0.3 is 0 Å². The van der Waals surface area contributed by atoms with E-state index in [1.165, 1.54) is 0 Å². The topological polar surface area (TPSA) is 18.5 Å². The lowest BCUT2D eigenvalue weighted by molar-refractivity contribution is 0.00616. The maximum Gasteiger partial charge on any atom is 0.0807 e. The van der Waals surface area contributed by atoms with Crippen LogP contribution in [0.2, 0.25) is 0 Å². The first-order valence-corrected chi connectivity index (χ1v) is 4.10. The van der Waals surface area contributed by atoms with E-state index < -0.39 is 0 Å². The molecule has 2 heteroatoms. The smallest absolute Gasteiger partial charge is 0.0807 e. The Morgan fingerprint density at radius 2 is 2.00 bits per heavy atom. The molecule has 0 N–H and O–H groups in total. The van der Waals surface area contributed by atoms with Crippen LogP contribution < -0.4 is 0 Å². The summed E-state index contributed by atoms with van der Waals surface area (Å²) in [5, 5.41) is 0. The number of rotatable bonds is 6. The zero-order valence-corrected chi connectivity index (χ0v) is 7.80. The second kappa shape index (κ2) is 6.62. The van der Waals surface area contributed by atoms with Gasteiger partial charge in [-0.15, -0.1) is 0 Å². The molecule has 0 aliphatic carbocycles. The summed E-state index contributed by atoms with van der Waals surface area (Å²) in [4.78, 5) is 0. The Hall–Kier alpha value is -0.0800. The van der Waals surface area contributed by atoms with Gasteiger partial charge in [-0.2, -0.15) is 0 Å². The van der Waals surface area contributed by atoms with Crippen LogP contribution in [0.25, 0.3) is 0 Å². The van der Waals surface area contributed by atoms with Gasteiger partial charge in [-0.3, -0.25) is 0 Å². The van der Waals surface area contributed by atoms with E-state index in [2.05, 4.69) is 20.8 Å². The normalized spacial score (nSPS) is 13.9. The highest BCUT2D eigenvalue weighted by atomic mass is 16.5. The Kier molecular flexibility index (Phi) is 6.57. The van der Waals surface area contributed by atoms with Gasteiger partial charge < -0.3 is 9.47 Å². The molecule has 0 saturated heterocycles. The van der Waals surface area contributed by atoms with Crippen molar-refractivity contribution in [3.05, 3.63) is 6.92 Å². The monoisotopic (exact) mass is 159 g/mol. The first-order chi connectivity index (χ1) is 5.20. The van der Waals surface area contributed by atoms with Crippen LogP contribution in [0.3, 0.4) is 0 Å². The summed E-state index contributed by atoms with van der Waals surface area (Å²) in [6, 6.07) is 0. The van der Waals surface area contributed by atoms with Crippen molar-refractivity contribution >= 4 is 0 Å². The summed E-state index contributed by atoms with van der Waals surface area (Å²) in [7, 11) is 1.72. The molecule has 67 valence electrons. The Bertz CT molecular complexity index is 81.6. The number of methoxy groups -OCH3 is 1. The van der Waals surface area contributed by atoms with Gasteiger partial charge in [0.2, 0.25) is 0 Å². The second-order valence-corrected chi connectivity index (χ2v) is 3.06. The van der Waals surface area contributed by atoms with Crippen molar-refractivity contribution in [1.82, 2.24) is 0 Å². The average molecular weight is 159 g/mol.